The standard InChI is InChI=1S/C22H19ClN2O3S2/c1-3-10-25-21(27)19(30-22(25)29)11-15-6-4-5-7-18(15)28-13-20(26)24-16-9-8-14(2)17(23)12-16/h3-9,11-12H,1,10,13H2,2H3,(H,24,26)/b19-11-. The zero-order chi connectivity index (χ0) is 21.7. The summed E-state index contributed by atoms with van der Waals surface area (Å²) in [6, 6.07) is 12.5. The fourth-order valence-corrected chi connectivity index (χ4v) is 4.12. The lowest BCUT2D eigenvalue weighted by Crippen LogP contribution is -2.27. The van der Waals surface area contributed by atoms with E-state index in [0.29, 0.717) is 37.8 Å². The van der Waals surface area contributed by atoms with Crippen LogP contribution >= 0.6 is 35.6 Å². The number of rotatable bonds is 7. The Balaban J connectivity index is 1.69. The van der Waals surface area contributed by atoms with E-state index in [1.807, 2.05) is 25.1 Å². The number of thioether (sulfide) groups is 1. The Kier molecular flexibility index (Phi) is 7.31. The molecule has 1 aliphatic heterocycles. The van der Waals surface area contributed by atoms with Crippen LogP contribution in [0, 0.1) is 6.92 Å². The molecule has 8 heteroatoms. The highest BCUT2D eigenvalue weighted by Gasteiger charge is 2.31. The minimum absolute atomic E-state index is 0.173. The number of carbonyl (C=O) groups excluding carboxylic acids is 2. The average Bonchev–Trinajstić information content (AvgIpc) is 2.98. The van der Waals surface area contributed by atoms with Crippen LogP contribution < -0.4 is 10.1 Å². The lowest BCUT2D eigenvalue weighted by atomic mass is 10.2. The summed E-state index contributed by atoms with van der Waals surface area (Å²) < 4.78 is 6.19. The number of nitrogens with one attached hydrogen (secondary N) is 1. The summed E-state index contributed by atoms with van der Waals surface area (Å²) in [5.41, 5.74) is 2.21. The number of para-hydroxylation sites is 1. The van der Waals surface area contributed by atoms with Crippen LogP contribution in [-0.2, 0) is 9.59 Å². The van der Waals surface area contributed by atoms with Crippen LogP contribution in [0.5, 0.6) is 5.75 Å². The van der Waals surface area contributed by atoms with Gasteiger partial charge in [0, 0.05) is 22.8 Å². The molecular weight excluding hydrogens is 440 g/mol. The molecule has 3 rings (SSSR count). The minimum Gasteiger partial charge on any atom is -0.483 e. The van der Waals surface area contributed by atoms with Crippen LogP contribution in [0.1, 0.15) is 11.1 Å². The molecule has 154 valence electrons. The fraction of sp³-hybridized carbons (Fsp3) is 0.136. The van der Waals surface area contributed by atoms with Gasteiger partial charge in [0.1, 0.15) is 10.1 Å². The van der Waals surface area contributed by atoms with Crippen molar-refractivity contribution in [3.05, 3.63) is 76.2 Å². The van der Waals surface area contributed by atoms with Crippen molar-refractivity contribution in [1.82, 2.24) is 4.90 Å². The molecule has 1 fully saturated rings. The van der Waals surface area contributed by atoms with Gasteiger partial charge >= 0.3 is 0 Å². The molecule has 1 aliphatic rings. The molecule has 1 N–H and O–H groups in total. The summed E-state index contributed by atoms with van der Waals surface area (Å²) in [5, 5.41) is 3.33. The normalized spacial score (nSPS) is 14.9. The molecule has 0 unspecified atom stereocenters. The monoisotopic (exact) mass is 458 g/mol. The van der Waals surface area contributed by atoms with E-state index >= 15 is 0 Å². The quantitative estimate of drug-likeness (QED) is 0.357. The molecule has 2 amide bonds. The van der Waals surface area contributed by atoms with Gasteiger partial charge in [0.15, 0.2) is 6.61 Å². The van der Waals surface area contributed by atoms with Gasteiger partial charge in [0.25, 0.3) is 11.8 Å². The fourth-order valence-electron chi connectivity index (χ4n) is 2.67. The SMILES string of the molecule is C=CCN1C(=O)/C(=C/c2ccccc2OCC(=O)Nc2ccc(C)c(Cl)c2)SC1=S. The van der Waals surface area contributed by atoms with Crippen molar-refractivity contribution in [2.75, 3.05) is 18.5 Å². The molecule has 30 heavy (non-hydrogen) atoms. The first-order valence-electron chi connectivity index (χ1n) is 9.03. The number of carbonyl (C=O) groups is 2. The van der Waals surface area contributed by atoms with Gasteiger partial charge in [-0.15, -0.1) is 6.58 Å². The van der Waals surface area contributed by atoms with Crippen molar-refractivity contribution in [2.45, 2.75) is 6.92 Å². The van der Waals surface area contributed by atoms with E-state index in [2.05, 4.69) is 11.9 Å². The molecule has 0 radical (unpaired) electrons. The number of nitrogens with zero attached hydrogens (tertiary/aromatic N) is 1. The zero-order valence-corrected chi connectivity index (χ0v) is 18.6. The number of benzene rings is 2. The summed E-state index contributed by atoms with van der Waals surface area (Å²) in [4.78, 5) is 26.8. The smallest absolute Gasteiger partial charge is 0.266 e. The topological polar surface area (TPSA) is 58.6 Å². The highest BCUT2D eigenvalue weighted by molar-refractivity contribution is 8.26. The van der Waals surface area contributed by atoms with E-state index in [9.17, 15) is 9.59 Å². The number of thiocarbonyl (C=S) groups is 1. The van der Waals surface area contributed by atoms with Gasteiger partial charge in [0.05, 0.1) is 4.91 Å². The number of hydrogen-bond acceptors (Lipinski definition) is 5. The summed E-state index contributed by atoms with van der Waals surface area (Å²) in [6.45, 7) is 5.71. The van der Waals surface area contributed by atoms with Crippen LogP contribution in [0.2, 0.25) is 5.02 Å². The van der Waals surface area contributed by atoms with Crippen molar-refractivity contribution in [1.29, 1.82) is 0 Å². The maximum Gasteiger partial charge on any atom is 0.266 e. The number of amides is 2. The Morgan fingerprint density at radius 2 is 2.10 bits per heavy atom. The molecule has 1 saturated heterocycles. The second-order valence-corrected chi connectivity index (χ2v) is 8.50. The Labute approximate surface area is 189 Å². The molecule has 0 bridgehead atoms. The van der Waals surface area contributed by atoms with Crippen LogP contribution in [0.4, 0.5) is 5.69 Å². The third kappa shape index (κ3) is 5.30. The Hall–Kier alpha value is -2.61. The van der Waals surface area contributed by atoms with E-state index in [-0.39, 0.29) is 18.4 Å². The van der Waals surface area contributed by atoms with E-state index in [4.69, 9.17) is 28.6 Å². The van der Waals surface area contributed by atoms with Crippen LogP contribution in [0.15, 0.2) is 60.0 Å². The van der Waals surface area contributed by atoms with Crippen molar-refractivity contribution in [3.63, 3.8) is 0 Å². The van der Waals surface area contributed by atoms with Crippen molar-refractivity contribution >= 4 is 63.5 Å². The third-order valence-corrected chi connectivity index (χ3v) is 5.99. The third-order valence-electron chi connectivity index (χ3n) is 4.21. The molecule has 0 aromatic heterocycles. The minimum atomic E-state index is -0.318. The largest absolute Gasteiger partial charge is 0.483 e. The van der Waals surface area contributed by atoms with Gasteiger partial charge in [-0.3, -0.25) is 14.5 Å². The first-order valence-corrected chi connectivity index (χ1v) is 10.6. The van der Waals surface area contributed by atoms with Gasteiger partial charge in [-0.1, -0.05) is 65.9 Å². The first-order chi connectivity index (χ1) is 14.4. The maximum atomic E-state index is 12.5. The number of aryl methyl sites for hydroxylation is 1. The van der Waals surface area contributed by atoms with Crippen LogP contribution in [0.3, 0.4) is 0 Å². The second-order valence-electron chi connectivity index (χ2n) is 6.42. The molecular formula is C22H19ClN2O3S2. The molecule has 0 aliphatic carbocycles. The van der Waals surface area contributed by atoms with Gasteiger partial charge in [0.2, 0.25) is 0 Å². The number of hydrogen-bond donors (Lipinski definition) is 1. The molecule has 2 aromatic rings. The summed E-state index contributed by atoms with van der Waals surface area (Å²) >= 11 is 12.6. The lowest BCUT2D eigenvalue weighted by molar-refractivity contribution is -0.121. The predicted molar refractivity (Wildman–Crippen MR) is 127 cm³/mol. The maximum absolute atomic E-state index is 12.5. The molecule has 1 heterocycles. The van der Waals surface area contributed by atoms with E-state index in [0.717, 1.165) is 5.56 Å². The lowest BCUT2D eigenvalue weighted by Gasteiger charge is -2.11. The Bertz CT molecular complexity index is 1050. The van der Waals surface area contributed by atoms with Crippen molar-refractivity contribution in [3.8, 4) is 5.75 Å². The van der Waals surface area contributed by atoms with E-state index in [1.54, 1.807) is 36.4 Å². The highest BCUT2D eigenvalue weighted by Crippen LogP contribution is 2.34. The average molecular weight is 459 g/mol. The van der Waals surface area contributed by atoms with Gasteiger partial charge in [-0.2, -0.15) is 0 Å². The highest BCUT2D eigenvalue weighted by atomic mass is 35.5. The van der Waals surface area contributed by atoms with Gasteiger partial charge < -0.3 is 10.1 Å². The molecule has 2 aromatic carbocycles. The number of anilines is 1. The van der Waals surface area contributed by atoms with Crippen LogP contribution in [-0.4, -0.2) is 34.2 Å². The van der Waals surface area contributed by atoms with Crippen molar-refractivity contribution in [2.24, 2.45) is 0 Å². The summed E-state index contributed by atoms with van der Waals surface area (Å²) in [6.07, 6.45) is 3.35. The zero-order valence-electron chi connectivity index (χ0n) is 16.2. The van der Waals surface area contributed by atoms with Crippen LogP contribution in [0.25, 0.3) is 6.08 Å². The number of halogens is 1. The first kappa shape index (κ1) is 22.1. The van der Waals surface area contributed by atoms with E-state index in [1.165, 1.54) is 16.7 Å². The molecule has 0 saturated carbocycles. The molecule has 0 atom stereocenters. The predicted octanol–water partition coefficient (Wildman–Crippen LogP) is 5.05. The summed E-state index contributed by atoms with van der Waals surface area (Å²) in [5.74, 6) is -0.000645. The second kappa shape index (κ2) is 9.93. The molecule has 5 nitrogen and oxygen atoms in total. The molecule has 0 spiro atoms. The van der Waals surface area contributed by atoms with Gasteiger partial charge in [-0.05, 0) is 36.8 Å². The van der Waals surface area contributed by atoms with Gasteiger partial charge in [-0.25, -0.2) is 0 Å². The summed E-state index contributed by atoms with van der Waals surface area (Å²) in [7, 11) is 0. The van der Waals surface area contributed by atoms with E-state index < -0.39 is 0 Å². The Morgan fingerprint density at radius 3 is 2.83 bits per heavy atom. The number of ether oxygens (including phenoxy) is 1. The van der Waals surface area contributed by atoms with Crippen molar-refractivity contribution < 1.29 is 14.3 Å². The Morgan fingerprint density at radius 1 is 1.33 bits per heavy atom.